The van der Waals surface area contributed by atoms with Gasteiger partial charge in [-0.25, -0.2) is 21.4 Å². The fraction of sp³-hybridized carbons (Fsp3) is 0.719. The first-order chi connectivity index (χ1) is 42.5. The number of allylic oxidation sites excluding steroid dienone is 1. The van der Waals surface area contributed by atoms with Crippen molar-refractivity contribution in [3.05, 3.63) is 66.3 Å². The van der Waals surface area contributed by atoms with E-state index in [2.05, 4.69) is 115 Å². The van der Waals surface area contributed by atoms with Gasteiger partial charge in [-0.3, -0.25) is 14.2 Å². The fourth-order valence-electron chi connectivity index (χ4n) is 9.66. The van der Waals surface area contributed by atoms with Crippen LogP contribution in [0.5, 0.6) is 0 Å². The average molecular weight is 1370 g/mol. The zero-order valence-electron chi connectivity index (χ0n) is 58.9. The first-order valence-corrected chi connectivity index (χ1v) is 49.5. The molecule has 4 aromatic heterocycles. The van der Waals surface area contributed by atoms with Gasteiger partial charge in [0.2, 0.25) is 0 Å². The van der Waals surface area contributed by atoms with Crippen LogP contribution in [0.15, 0.2) is 48.3 Å². The SMILES string of the molecule is CCOC(=O)/C=C1/CCCC(c2cc(N(COCC[Si](C)(C)C)COCC[Si](C)(C)C)n3nccc3n2)C1.CCOC(=O)CP(=O)(OCC)OCC.C[Si](C)(C)CCOCN(COCC[Si](C)(C)C)c1cc(C2CCCC(=O)C2)nc2ccnn12.[CH-]1CCCO1.[Na+]. The molecule has 0 amide bonds. The molecule has 0 radical (unpaired) electrons. The number of ether oxygens (including phenoxy) is 7. The van der Waals surface area contributed by atoms with Gasteiger partial charge in [0, 0.05) is 126 Å². The molecule has 2 saturated carbocycles. The van der Waals surface area contributed by atoms with Gasteiger partial charge in [-0.2, -0.15) is 25.6 Å². The molecule has 3 aliphatic rings. The topological polar surface area (TPSA) is 218 Å². The molecule has 4 aromatic rings. The molecule has 2 unspecified atom stereocenters. The number of carbonyl (C=O) groups is 3. The molecule has 3 fully saturated rings. The predicted octanol–water partition coefficient (Wildman–Crippen LogP) is 11.5. The van der Waals surface area contributed by atoms with Crippen molar-refractivity contribution in [2.45, 2.75) is 206 Å². The number of Topliss-reactive ketones (excluding diaryl/α,β-unsaturated/α-hetero) is 1. The first-order valence-electron chi connectivity index (χ1n) is 32.9. The number of rotatable bonds is 33. The van der Waals surface area contributed by atoms with Crippen molar-refractivity contribution in [3.8, 4) is 0 Å². The second-order valence-electron chi connectivity index (χ2n) is 28.0. The maximum Gasteiger partial charge on any atom is 1.00 e. The number of nitrogens with zero attached hydrogens (tertiary/aromatic N) is 8. The molecule has 27 heteroatoms. The zero-order valence-corrected chi connectivity index (χ0v) is 65.8. The number of ketones is 1. The average Bonchev–Trinajstić information content (AvgIpc) is 1.79. The van der Waals surface area contributed by atoms with Crippen molar-refractivity contribution in [2.75, 3.05) is 102 Å². The van der Waals surface area contributed by atoms with Crippen LogP contribution in [0.25, 0.3) is 11.3 Å². The van der Waals surface area contributed by atoms with E-state index in [1.54, 1.807) is 39.2 Å². The number of hydrogen-bond donors (Lipinski definition) is 0. The second-order valence-corrected chi connectivity index (χ2v) is 52.6. The molecule has 2 aliphatic carbocycles. The minimum absolute atomic E-state index is 0. The van der Waals surface area contributed by atoms with E-state index >= 15 is 0 Å². The Morgan fingerprint density at radius 2 is 1.05 bits per heavy atom. The molecule has 21 nitrogen and oxygen atoms in total. The van der Waals surface area contributed by atoms with Gasteiger partial charge in [0.15, 0.2) is 11.3 Å². The molecule has 5 heterocycles. The van der Waals surface area contributed by atoms with Crippen LogP contribution in [0.4, 0.5) is 11.6 Å². The Morgan fingerprint density at radius 1 is 0.626 bits per heavy atom. The molecule has 0 spiro atoms. The van der Waals surface area contributed by atoms with Gasteiger partial charge < -0.3 is 52.0 Å². The molecular weight excluding hydrogens is 1260 g/mol. The summed E-state index contributed by atoms with van der Waals surface area (Å²) in [5.74, 6) is 1.79. The smallest absolute Gasteiger partial charge is 0.552 e. The third kappa shape index (κ3) is 33.5. The van der Waals surface area contributed by atoms with E-state index in [1.807, 2.05) is 34.7 Å². The van der Waals surface area contributed by atoms with E-state index in [9.17, 15) is 18.9 Å². The van der Waals surface area contributed by atoms with E-state index in [0.29, 0.717) is 52.2 Å². The summed E-state index contributed by atoms with van der Waals surface area (Å²) in [4.78, 5) is 49.3. The molecule has 510 valence electrons. The third-order valence-corrected chi connectivity index (χ3v) is 23.6. The van der Waals surface area contributed by atoms with Crippen molar-refractivity contribution in [2.24, 2.45) is 0 Å². The molecular formula is C64H114N8NaO13PSi4. The van der Waals surface area contributed by atoms with Crippen LogP contribution in [0.3, 0.4) is 0 Å². The Balaban J connectivity index is 0.000000369. The van der Waals surface area contributed by atoms with Crippen molar-refractivity contribution >= 4 is 80.5 Å². The van der Waals surface area contributed by atoms with Crippen LogP contribution in [-0.2, 0) is 61.2 Å². The van der Waals surface area contributed by atoms with Crippen LogP contribution in [0.1, 0.15) is 115 Å². The summed E-state index contributed by atoms with van der Waals surface area (Å²) in [7, 11) is -7.97. The van der Waals surface area contributed by atoms with Gasteiger partial charge in [-0.1, -0.05) is 90.6 Å². The number of anilines is 2. The van der Waals surface area contributed by atoms with Gasteiger partial charge in [-0.05, 0) is 90.4 Å². The standard InChI is InChI=1S/C28H48N4O4Si2.C24H42N4O3Si2.C8H17O5P.C4H7O.Na/c1-8-36-28(33)19-23-10-9-11-24(18-23)25-20-27(32-26(30-25)12-13-29-32)31(21-34-14-16-37(2,3)4)22-35-15-17-38(5,6)7;1-32(2,3)14-12-30-18-27(19-31-13-15-33(4,5)6)24-17-22(20-8-7-9-21(29)16-20)26-23-10-11-25-28(23)24;1-4-11-8(9)7-14(10,12-5-2)13-6-3;1-2-4-5-3-1;/h12-13,19-20,24H,8-11,14-18,21-22H2,1-7H3;10-11,17,20H,7-9,12-16,18-19H2,1-6H3;4-7H2,1-3H3;3H,1-2,4H2;/q;;;-1;+1/b23-19-;;;;. The maximum absolute atomic E-state index is 12.1. The van der Waals surface area contributed by atoms with E-state index in [1.165, 1.54) is 6.42 Å². The fourth-order valence-corrected chi connectivity index (χ4v) is 14.1. The van der Waals surface area contributed by atoms with E-state index in [0.717, 1.165) is 142 Å². The number of esters is 2. The quantitative estimate of drug-likeness (QED) is 0.00823. The molecule has 91 heavy (non-hydrogen) atoms. The van der Waals surface area contributed by atoms with Crippen LogP contribution >= 0.6 is 7.60 Å². The summed E-state index contributed by atoms with van der Waals surface area (Å²) in [6.45, 7) is 44.0. The van der Waals surface area contributed by atoms with Gasteiger partial charge in [0.1, 0.15) is 50.5 Å². The number of hydrogen-bond acceptors (Lipinski definition) is 19. The number of aromatic nitrogens is 6. The minimum Gasteiger partial charge on any atom is -0.552 e. The van der Waals surface area contributed by atoms with E-state index in [-0.39, 0.29) is 73.3 Å². The molecule has 0 aromatic carbocycles. The Bertz CT molecular complexity index is 2780. The predicted molar refractivity (Wildman–Crippen MR) is 371 cm³/mol. The second kappa shape index (κ2) is 41.9. The number of carbonyl (C=O) groups excluding carboxylic acids is 3. The van der Waals surface area contributed by atoms with Gasteiger partial charge in [0.25, 0.3) is 0 Å². The molecule has 0 N–H and O–H groups in total. The Labute approximate surface area is 571 Å². The minimum atomic E-state index is -3.28. The largest absolute Gasteiger partial charge is 1.00 e. The summed E-state index contributed by atoms with van der Waals surface area (Å²) in [6, 6.07) is 12.6. The van der Waals surface area contributed by atoms with Crippen molar-refractivity contribution in [3.63, 3.8) is 0 Å². The molecule has 1 saturated heterocycles. The van der Waals surface area contributed by atoms with Crippen LogP contribution < -0.4 is 39.4 Å². The third-order valence-electron chi connectivity index (χ3n) is 14.8. The van der Waals surface area contributed by atoms with Crippen LogP contribution in [-0.4, -0.2) is 172 Å². The Morgan fingerprint density at radius 3 is 1.42 bits per heavy atom. The summed E-state index contributed by atoms with van der Waals surface area (Å²) in [6.07, 6.45) is 14.3. The zero-order chi connectivity index (χ0) is 66.4. The van der Waals surface area contributed by atoms with Gasteiger partial charge in [-0.15, -0.1) is 0 Å². The van der Waals surface area contributed by atoms with E-state index < -0.39 is 45.9 Å². The normalized spacial score (nSPS) is 16.9. The monoisotopic (exact) mass is 1370 g/mol. The van der Waals surface area contributed by atoms with Crippen molar-refractivity contribution in [1.82, 2.24) is 29.2 Å². The Hall–Kier alpha value is -2.99. The first kappa shape index (κ1) is 82.2. The molecule has 2 atom stereocenters. The number of fused-ring (bicyclic) bond motifs is 2. The van der Waals surface area contributed by atoms with Gasteiger partial charge >= 0.3 is 49.1 Å². The maximum atomic E-state index is 12.1. The summed E-state index contributed by atoms with van der Waals surface area (Å²) in [5, 5.41) is 9.10. The Kier molecular flexibility index (Phi) is 37.8. The molecule has 7 rings (SSSR count). The van der Waals surface area contributed by atoms with Gasteiger partial charge in [0.05, 0.1) is 44.5 Å². The van der Waals surface area contributed by atoms with Crippen molar-refractivity contribution in [1.29, 1.82) is 0 Å². The van der Waals surface area contributed by atoms with Crippen molar-refractivity contribution < 1.29 is 90.7 Å². The van der Waals surface area contributed by atoms with E-state index in [4.69, 9.17) is 47.4 Å². The summed E-state index contributed by atoms with van der Waals surface area (Å²) < 4.78 is 64.6. The molecule has 0 bridgehead atoms. The van der Waals surface area contributed by atoms with Crippen LogP contribution in [0, 0.1) is 6.61 Å². The molecule has 1 aliphatic heterocycles. The summed E-state index contributed by atoms with van der Waals surface area (Å²) in [5.41, 5.74) is 4.75. The van der Waals surface area contributed by atoms with Crippen LogP contribution in [0.2, 0.25) is 103 Å². The summed E-state index contributed by atoms with van der Waals surface area (Å²) >= 11 is 0.